The van der Waals surface area contributed by atoms with Gasteiger partial charge < -0.3 is 10.4 Å². The number of carboxylic acid groups (broad SMARTS) is 1. The van der Waals surface area contributed by atoms with Gasteiger partial charge in [-0.3, -0.25) is 4.90 Å². The number of nitrogens with zero attached hydrogens (tertiary/aromatic N) is 3. The lowest BCUT2D eigenvalue weighted by Crippen LogP contribution is -2.11. The number of aromatic carboxylic acids is 1. The lowest BCUT2D eigenvalue weighted by atomic mass is 10.0. The number of anilines is 2. The van der Waals surface area contributed by atoms with Crippen LogP contribution in [0.1, 0.15) is 39.5 Å². The van der Waals surface area contributed by atoms with Gasteiger partial charge >= 0.3 is 12.1 Å². The molecule has 0 saturated carbocycles. The zero-order chi connectivity index (χ0) is 22.3. The molecule has 1 aliphatic rings. The first-order valence-electron chi connectivity index (χ1n) is 9.52. The van der Waals surface area contributed by atoms with E-state index in [2.05, 4.69) is 26.3 Å². The van der Waals surface area contributed by atoms with Crippen molar-refractivity contribution in [2.75, 3.05) is 12.4 Å². The van der Waals surface area contributed by atoms with Crippen LogP contribution < -0.4 is 5.32 Å². The van der Waals surface area contributed by atoms with Gasteiger partial charge in [-0.25, -0.2) is 14.8 Å². The first-order chi connectivity index (χ1) is 14.7. The number of halogens is 3. The molecule has 162 valence electrons. The van der Waals surface area contributed by atoms with Gasteiger partial charge in [0, 0.05) is 30.4 Å². The van der Waals surface area contributed by atoms with E-state index in [4.69, 9.17) is 5.11 Å². The highest BCUT2D eigenvalue weighted by molar-refractivity contribution is 7.13. The van der Waals surface area contributed by atoms with E-state index in [-0.39, 0.29) is 22.1 Å². The van der Waals surface area contributed by atoms with E-state index in [1.165, 1.54) is 17.0 Å². The van der Waals surface area contributed by atoms with Crippen molar-refractivity contribution < 1.29 is 23.1 Å². The number of carboxylic acids is 1. The van der Waals surface area contributed by atoms with Crippen LogP contribution in [0.5, 0.6) is 0 Å². The topological polar surface area (TPSA) is 78.3 Å². The largest absolute Gasteiger partial charge is 0.478 e. The molecule has 0 atom stereocenters. The maximum absolute atomic E-state index is 13.5. The van der Waals surface area contributed by atoms with Gasteiger partial charge in [-0.05, 0) is 42.3 Å². The molecule has 0 radical (unpaired) electrons. The van der Waals surface area contributed by atoms with Gasteiger partial charge in [0.15, 0.2) is 0 Å². The average Bonchev–Trinajstić information content (AvgIpc) is 3.32. The molecule has 0 amide bonds. The molecule has 3 aromatic rings. The van der Waals surface area contributed by atoms with Crippen LogP contribution >= 0.6 is 11.3 Å². The molecule has 0 spiro atoms. The van der Waals surface area contributed by atoms with E-state index < -0.39 is 17.7 Å². The third-order valence-corrected chi connectivity index (χ3v) is 6.04. The predicted molar refractivity (Wildman–Crippen MR) is 112 cm³/mol. The molecular formula is C21H19F3N4O2S. The van der Waals surface area contributed by atoms with Crippen molar-refractivity contribution in [1.82, 2.24) is 14.9 Å². The molecule has 10 heteroatoms. The molecule has 0 unspecified atom stereocenters. The second kappa shape index (κ2) is 7.93. The van der Waals surface area contributed by atoms with E-state index in [0.717, 1.165) is 53.9 Å². The first kappa shape index (κ1) is 21.3. The van der Waals surface area contributed by atoms with Crippen molar-refractivity contribution in [2.24, 2.45) is 0 Å². The van der Waals surface area contributed by atoms with Crippen LogP contribution in [0.3, 0.4) is 0 Å². The monoisotopic (exact) mass is 448 g/mol. The molecular weight excluding hydrogens is 429 g/mol. The van der Waals surface area contributed by atoms with Crippen molar-refractivity contribution in [2.45, 2.75) is 32.6 Å². The summed E-state index contributed by atoms with van der Waals surface area (Å²) in [4.78, 5) is 21.5. The maximum atomic E-state index is 13.5. The highest BCUT2D eigenvalue weighted by atomic mass is 32.1. The van der Waals surface area contributed by atoms with E-state index in [9.17, 15) is 18.0 Å². The van der Waals surface area contributed by atoms with Gasteiger partial charge in [-0.2, -0.15) is 13.2 Å². The van der Waals surface area contributed by atoms with Crippen LogP contribution in [0.2, 0.25) is 0 Å². The van der Waals surface area contributed by atoms with Gasteiger partial charge in [0.05, 0.1) is 16.1 Å². The van der Waals surface area contributed by atoms with Crippen LogP contribution in [0.4, 0.5) is 24.8 Å². The number of rotatable bonds is 5. The molecule has 0 aliphatic carbocycles. The number of alkyl halides is 3. The van der Waals surface area contributed by atoms with Crippen molar-refractivity contribution in [1.29, 1.82) is 0 Å². The number of thiophene rings is 1. The fraction of sp³-hybridized carbons (Fsp3) is 0.286. The van der Waals surface area contributed by atoms with Gasteiger partial charge in [-0.1, -0.05) is 13.0 Å². The normalized spacial score (nSPS) is 14.0. The summed E-state index contributed by atoms with van der Waals surface area (Å²) in [7, 11) is 2.02. The predicted octanol–water partition coefficient (Wildman–Crippen LogP) is 5.17. The molecule has 1 aliphatic heterocycles. The van der Waals surface area contributed by atoms with Crippen molar-refractivity contribution in [3.63, 3.8) is 0 Å². The second-order valence-corrected chi connectivity index (χ2v) is 8.30. The highest BCUT2D eigenvalue weighted by Crippen LogP contribution is 2.39. The molecule has 1 aromatic carbocycles. The summed E-state index contributed by atoms with van der Waals surface area (Å²) < 4.78 is 40.6. The summed E-state index contributed by atoms with van der Waals surface area (Å²) in [6.45, 7) is 3.65. The lowest BCUT2D eigenvalue weighted by molar-refractivity contribution is -0.137. The summed E-state index contributed by atoms with van der Waals surface area (Å²) in [5.41, 5.74) is 2.71. The minimum absolute atomic E-state index is 0.0225. The summed E-state index contributed by atoms with van der Waals surface area (Å²) in [5, 5.41) is 13.5. The Bertz CT molecular complexity index is 1160. The maximum Gasteiger partial charge on any atom is 0.420 e. The lowest BCUT2D eigenvalue weighted by Gasteiger charge is -2.15. The van der Waals surface area contributed by atoms with Gasteiger partial charge in [0.1, 0.15) is 5.56 Å². The van der Waals surface area contributed by atoms with Crippen molar-refractivity contribution in [3.8, 4) is 10.6 Å². The Kier molecular flexibility index (Phi) is 5.44. The van der Waals surface area contributed by atoms with Crippen LogP contribution in [0, 0.1) is 0 Å². The SMILES string of the molecule is CCc1cc2c(cc1Nc1ncc(C(F)(F)F)c(-c3cc(C(=O)O)cs3)n1)CN(C)C2. The average molecular weight is 448 g/mol. The number of fused-ring (bicyclic) bond motifs is 1. The fourth-order valence-corrected chi connectivity index (χ4v) is 4.50. The van der Waals surface area contributed by atoms with Crippen molar-refractivity contribution in [3.05, 3.63) is 57.6 Å². The molecule has 6 nitrogen and oxygen atoms in total. The zero-order valence-corrected chi connectivity index (χ0v) is 17.6. The summed E-state index contributed by atoms with van der Waals surface area (Å²) in [5.74, 6) is -1.19. The standard InChI is InChI=1S/C21H19F3N4O2S/c1-3-11-4-12-8-28(2)9-13(12)5-16(11)26-20-25-7-15(21(22,23)24)18(27-20)17-6-14(10-31-17)19(29)30/h4-7,10H,3,8-9H2,1-2H3,(H,29,30)(H,25,26,27). The minimum atomic E-state index is -4.67. The van der Waals surface area contributed by atoms with Crippen molar-refractivity contribution >= 4 is 28.9 Å². The number of hydrogen-bond acceptors (Lipinski definition) is 6. The number of aryl methyl sites for hydroxylation is 1. The molecule has 0 fully saturated rings. The Morgan fingerprint density at radius 1 is 1.26 bits per heavy atom. The highest BCUT2D eigenvalue weighted by Gasteiger charge is 2.36. The van der Waals surface area contributed by atoms with Crippen LogP contribution in [-0.4, -0.2) is 33.0 Å². The molecule has 3 heterocycles. The molecule has 2 N–H and O–H groups in total. The Balaban J connectivity index is 1.75. The molecule has 31 heavy (non-hydrogen) atoms. The smallest absolute Gasteiger partial charge is 0.420 e. The number of carbonyl (C=O) groups is 1. The molecule has 0 bridgehead atoms. The Morgan fingerprint density at radius 3 is 2.58 bits per heavy atom. The van der Waals surface area contributed by atoms with Gasteiger partial charge in [0.2, 0.25) is 5.95 Å². The summed E-state index contributed by atoms with van der Waals surface area (Å²) in [6.07, 6.45) is -3.20. The Hall–Kier alpha value is -2.98. The van der Waals surface area contributed by atoms with E-state index in [1.54, 1.807) is 0 Å². The van der Waals surface area contributed by atoms with Crippen LogP contribution in [-0.2, 0) is 25.7 Å². The van der Waals surface area contributed by atoms with E-state index in [0.29, 0.717) is 0 Å². The van der Waals surface area contributed by atoms with Crippen LogP contribution in [0.25, 0.3) is 10.6 Å². The third-order valence-electron chi connectivity index (χ3n) is 5.11. The zero-order valence-electron chi connectivity index (χ0n) is 16.7. The summed E-state index contributed by atoms with van der Waals surface area (Å²) >= 11 is 0.896. The van der Waals surface area contributed by atoms with E-state index >= 15 is 0 Å². The number of aromatic nitrogens is 2. The number of benzene rings is 1. The molecule has 4 rings (SSSR count). The summed E-state index contributed by atoms with van der Waals surface area (Å²) in [6, 6.07) is 5.29. The number of hydrogen-bond donors (Lipinski definition) is 2. The second-order valence-electron chi connectivity index (χ2n) is 7.39. The number of nitrogens with one attached hydrogen (secondary N) is 1. The fourth-order valence-electron chi connectivity index (χ4n) is 3.61. The minimum Gasteiger partial charge on any atom is -0.478 e. The van der Waals surface area contributed by atoms with E-state index in [1.807, 2.05) is 20.0 Å². The molecule has 0 saturated heterocycles. The first-order valence-corrected chi connectivity index (χ1v) is 10.4. The van der Waals surface area contributed by atoms with Gasteiger partial charge in [-0.15, -0.1) is 11.3 Å². The van der Waals surface area contributed by atoms with Crippen LogP contribution in [0.15, 0.2) is 29.8 Å². The Morgan fingerprint density at radius 2 is 1.97 bits per heavy atom. The Labute approximate surface area is 180 Å². The van der Waals surface area contributed by atoms with Gasteiger partial charge in [0.25, 0.3) is 0 Å². The third kappa shape index (κ3) is 4.26. The molecule has 2 aromatic heterocycles. The quantitative estimate of drug-likeness (QED) is 0.561.